The highest BCUT2D eigenvalue weighted by atomic mass is 16.5. The standard InChI is InChI=1S/C13H18N2O2/c1-3-12(17-2)13(16)15-11(9-14)10-7-5-4-6-8-10/h3-8,11H,9,14H2,1-2H3,(H,15,16). The van der Waals surface area contributed by atoms with Crippen LogP contribution < -0.4 is 11.1 Å². The van der Waals surface area contributed by atoms with Gasteiger partial charge in [-0.05, 0) is 18.6 Å². The van der Waals surface area contributed by atoms with Crippen molar-refractivity contribution in [3.05, 3.63) is 47.7 Å². The van der Waals surface area contributed by atoms with Gasteiger partial charge in [-0.25, -0.2) is 0 Å². The van der Waals surface area contributed by atoms with Gasteiger partial charge in [0.15, 0.2) is 5.76 Å². The number of allylic oxidation sites excluding steroid dienone is 1. The predicted molar refractivity (Wildman–Crippen MR) is 67.1 cm³/mol. The summed E-state index contributed by atoms with van der Waals surface area (Å²) in [5.74, 6) is 0.0358. The van der Waals surface area contributed by atoms with E-state index in [4.69, 9.17) is 10.5 Å². The first-order valence-electron chi connectivity index (χ1n) is 5.49. The first-order valence-corrected chi connectivity index (χ1v) is 5.49. The molecule has 0 aliphatic rings. The van der Waals surface area contributed by atoms with Gasteiger partial charge in [-0.3, -0.25) is 4.79 Å². The lowest BCUT2D eigenvalue weighted by molar-refractivity contribution is -0.121. The Kier molecular flexibility index (Phi) is 5.23. The van der Waals surface area contributed by atoms with Crippen LogP contribution in [-0.4, -0.2) is 19.6 Å². The van der Waals surface area contributed by atoms with Crippen LogP contribution in [0.5, 0.6) is 0 Å². The summed E-state index contributed by atoms with van der Waals surface area (Å²) in [6.07, 6.45) is 1.62. The summed E-state index contributed by atoms with van der Waals surface area (Å²) in [5, 5.41) is 2.83. The number of rotatable bonds is 5. The highest BCUT2D eigenvalue weighted by molar-refractivity contribution is 5.91. The molecule has 0 spiro atoms. The number of carbonyl (C=O) groups is 1. The molecule has 0 aliphatic heterocycles. The topological polar surface area (TPSA) is 64.3 Å². The van der Waals surface area contributed by atoms with Crippen molar-refractivity contribution in [2.75, 3.05) is 13.7 Å². The Morgan fingerprint density at radius 3 is 2.59 bits per heavy atom. The van der Waals surface area contributed by atoms with E-state index in [1.807, 2.05) is 30.3 Å². The fourth-order valence-electron chi connectivity index (χ4n) is 1.53. The number of hydrogen-bond donors (Lipinski definition) is 2. The van der Waals surface area contributed by atoms with Gasteiger partial charge >= 0.3 is 0 Å². The van der Waals surface area contributed by atoms with Gasteiger partial charge in [0.1, 0.15) is 0 Å². The molecule has 3 N–H and O–H groups in total. The maximum Gasteiger partial charge on any atom is 0.286 e. The summed E-state index contributed by atoms with van der Waals surface area (Å²) < 4.78 is 4.95. The molecular formula is C13H18N2O2. The first-order chi connectivity index (χ1) is 8.22. The minimum absolute atomic E-state index is 0.200. The SMILES string of the molecule is CC=C(OC)C(=O)NC(CN)c1ccccc1. The lowest BCUT2D eigenvalue weighted by Gasteiger charge is -2.17. The zero-order valence-corrected chi connectivity index (χ0v) is 10.1. The van der Waals surface area contributed by atoms with Crippen LogP contribution in [0, 0.1) is 0 Å². The maximum absolute atomic E-state index is 11.8. The molecule has 1 rings (SSSR count). The van der Waals surface area contributed by atoms with E-state index < -0.39 is 0 Å². The van der Waals surface area contributed by atoms with Crippen LogP contribution in [-0.2, 0) is 9.53 Å². The third-order valence-electron chi connectivity index (χ3n) is 2.45. The molecule has 4 nitrogen and oxygen atoms in total. The van der Waals surface area contributed by atoms with Crippen molar-refractivity contribution in [3.8, 4) is 0 Å². The van der Waals surface area contributed by atoms with Crippen LogP contribution in [0.15, 0.2) is 42.2 Å². The number of hydrogen-bond acceptors (Lipinski definition) is 3. The molecular weight excluding hydrogens is 216 g/mol. The van der Waals surface area contributed by atoms with Crippen LogP contribution in [0.3, 0.4) is 0 Å². The second kappa shape index (κ2) is 6.70. The third-order valence-corrected chi connectivity index (χ3v) is 2.45. The second-order valence-corrected chi connectivity index (χ2v) is 3.53. The molecule has 1 unspecified atom stereocenters. The zero-order chi connectivity index (χ0) is 12.7. The smallest absolute Gasteiger partial charge is 0.286 e. The van der Waals surface area contributed by atoms with Crippen molar-refractivity contribution in [3.63, 3.8) is 0 Å². The minimum atomic E-state index is -0.255. The summed E-state index contributed by atoms with van der Waals surface area (Å²) >= 11 is 0. The molecule has 0 fully saturated rings. The average molecular weight is 234 g/mol. The normalized spacial score (nSPS) is 13.0. The number of methoxy groups -OCH3 is 1. The number of nitrogens with one attached hydrogen (secondary N) is 1. The molecule has 0 aromatic heterocycles. The van der Waals surface area contributed by atoms with Crippen molar-refractivity contribution in [1.29, 1.82) is 0 Å². The fourth-order valence-corrected chi connectivity index (χ4v) is 1.53. The van der Waals surface area contributed by atoms with Gasteiger partial charge in [0.2, 0.25) is 0 Å². The largest absolute Gasteiger partial charge is 0.491 e. The molecule has 1 aromatic rings. The van der Waals surface area contributed by atoms with E-state index in [9.17, 15) is 4.79 Å². The fraction of sp³-hybridized carbons (Fsp3) is 0.308. The van der Waals surface area contributed by atoms with Crippen molar-refractivity contribution in [2.24, 2.45) is 5.73 Å². The molecule has 1 atom stereocenters. The molecule has 0 bridgehead atoms. The molecule has 0 saturated carbocycles. The molecule has 0 aliphatic carbocycles. The monoisotopic (exact) mass is 234 g/mol. The first kappa shape index (κ1) is 13.3. The molecule has 1 amide bonds. The summed E-state index contributed by atoms with van der Waals surface area (Å²) in [5.41, 5.74) is 6.64. The summed E-state index contributed by atoms with van der Waals surface area (Å²) in [6.45, 7) is 2.09. The van der Waals surface area contributed by atoms with Gasteiger partial charge in [-0.1, -0.05) is 30.3 Å². The van der Waals surface area contributed by atoms with Gasteiger partial charge in [-0.15, -0.1) is 0 Å². The number of nitrogens with two attached hydrogens (primary N) is 1. The Balaban J connectivity index is 2.75. The van der Waals surface area contributed by atoms with E-state index in [-0.39, 0.29) is 11.9 Å². The van der Waals surface area contributed by atoms with Crippen LogP contribution >= 0.6 is 0 Å². The molecule has 0 heterocycles. The van der Waals surface area contributed by atoms with Crippen LogP contribution in [0.4, 0.5) is 0 Å². The molecule has 92 valence electrons. The van der Waals surface area contributed by atoms with Crippen LogP contribution in [0.2, 0.25) is 0 Å². The van der Waals surface area contributed by atoms with E-state index in [1.165, 1.54) is 7.11 Å². The Labute approximate surface area is 101 Å². The van der Waals surface area contributed by atoms with Gasteiger partial charge in [0, 0.05) is 6.54 Å². The second-order valence-electron chi connectivity index (χ2n) is 3.53. The number of ether oxygens (including phenoxy) is 1. The lowest BCUT2D eigenvalue weighted by Crippen LogP contribution is -2.34. The highest BCUT2D eigenvalue weighted by Gasteiger charge is 2.15. The minimum Gasteiger partial charge on any atom is -0.491 e. The number of carbonyl (C=O) groups excluding carboxylic acids is 1. The molecule has 0 saturated heterocycles. The van der Waals surface area contributed by atoms with Crippen molar-refractivity contribution >= 4 is 5.91 Å². The number of benzene rings is 1. The van der Waals surface area contributed by atoms with Gasteiger partial charge in [0.05, 0.1) is 13.2 Å². The zero-order valence-electron chi connectivity index (χ0n) is 10.1. The predicted octanol–water partition coefficient (Wildman–Crippen LogP) is 1.35. The Morgan fingerprint density at radius 1 is 1.47 bits per heavy atom. The molecule has 4 heteroatoms. The van der Waals surface area contributed by atoms with Crippen molar-refractivity contribution < 1.29 is 9.53 Å². The average Bonchev–Trinajstić information content (AvgIpc) is 2.38. The van der Waals surface area contributed by atoms with E-state index >= 15 is 0 Å². The van der Waals surface area contributed by atoms with Crippen LogP contribution in [0.25, 0.3) is 0 Å². The quantitative estimate of drug-likeness (QED) is 0.597. The molecule has 17 heavy (non-hydrogen) atoms. The van der Waals surface area contributed by atoms with Gasteiger partial charge < -0.3 is 15.8 Å². The van der Waals surface area contributed by atoms with Crippen molar-refractivity contribution in [2.45, 2.75) is 13.0 Å². The Morgan fingerprint density at radius 2 is 2.12 bits per heavy atom. The van der Waals surface area contributed by atoms with Gasteiger partial charge in [-0.2, -0.15) is 0 Å². The summed E-state index contributed by atoms with van der Waals surface area (Å²) in [7, 11) is 1.47. The lowest BCUT2D eigenvalue weighted by atomic mass is 10.1. The van der Waals surface area contributed by atoms with E-state index in [1.54, 1.807) is 13.0 Å². The van der Waals surface area contributed by atoms with E-state index in [2.05, 4.69) is 5.32 Å². The molecule has 0 radical (unpaired) electrons. The Hall–Kier alpha value is -1.81. The Bertz CT molecular complexity index is 388. The van der Waals surface area contributed by atoms with Crippen LogP contribution in [0.1, 0.15) is 18.5 Å². The third kappa shape index (κ3) is 3.60. The van der Waals surface area contributed by atoms with Gasteiger partial charge in [0.25, 0.3) is 5.91 Å². The summed E-state index contributed by atoms with van der Waals surface area (Å²) in [4.78, 5) is 11.8. The van der Waals surface area contributed by atoms with E-state index in [0.717, 1.165) is 5.56 Å². The number of amides is 1. The van der Waals surface area contributed by atoms with Crippen molar-refractivity contribution in [1.82, 2.24) is 5.32 Å². The summed E-state index contributed by atoms with van der Waals surface area (Å²) in [6, 6.07) is 9.41. The maximum atomic E-state index is 11.8. The molecule has 1 aromatic carbocycles. The van der Waals surface area contributed by atoms with E-state index in [0.29, 0.717) is 12.3 Å². The highest BCUT2D eigenvalue weighted by Crippen LogP contribution is 2.11.